The van der Waals surface area contributed by atoms with Crippen molar-refractivity contribution in [2.75, 3.05) is 17.2 Å². The monoisotopic (exact) mass is 559 g/mol. The Labute approximate surface area is 233 Å². The zero-order valence-electron chi connectivity index (χ0n) is 21.0. The first-order valence-electron chi connectivity index (χ1n) is 12.2. The van der Waals surface area contributed by atoms with Crippen molar-refractivity contribution in [2.24, 2.45) is 0 Å². The maximum Gasteiger partial charge on any atom is 0.254 e. The number of ether oxygens (including phenoxy) is 1. The molecule has 0 unspecified atom stereocenters. The Balaban J connectivity index is 1.22. The highest BCUT2D eigenvalue weighted by atomic mass is 35.5. The van der Waals surface area contributed by atoms with Gasteiger partial charge in [0, 0.05) is 29.7 Å². The summed E-state index contributed by atoms with van der Waals surface area (Å²) in [6.45, 7) is 0.341. The summed E-state index contributed by atoms with van der Waals surface area (Å²) in [5.74, 6) is 0.0552. The molecule has 0 saturated heterocycles. The number of halogens is 2. The van der Waals surface area contributed by atoms with Crippen molar-refractivity contribution in [3.63, 3.8) is 0 Å². The smallest absolute Gasteiger partial charge is 0.254 e. The van der Waals surface area contributed by atoms with Gasteiger partial charge in [-0.1, -0.05) is 23.7 Å². The first-order chi connectivity index (χ1) is 19.4. The Hall–Kier alpha value is -4.96. The van der Waals surface area contributed by atoms with Crippen LogP contribution in [-0.2, 0) is 11.4 Å². The summed E-state index contributed by atoms with van der Waals surface area (Å²) in [5.41, 5.74) is 2.96. The number of rotatable bonds is 10. The summed E-state index contributed by atoms with van der Waals surface area (Å²) in [6.07, 6.45) is 4.26. The van der Waals surface area contributed by atoms with E-state index in [1.165, 1.54) is 31.0 Å². The molecule has 3 N–H and O–H groups in total. The van der Waals surface area contributed by atoms with Gasteiger partial charge in [-0.25, -0.2) is 14.4 Å². The third-order valence-corrected chi connectivity index (χ3v) is 6.11. The fourth-order valence-electron chi connectivity index (χ4n) is 3.86. The summed E-state index contributed by atoms with van der Waals surface area (Å²) in [6, 6.07) is 18.2. The SMILES string of the molecule is O=C(CCNC(=O)c1ccoc1)Nc1ccc2ncnc(Nc3ccc(OCc4cccc(F)c4)c(Cl)c3)c2c1. The van der Waals surface area contributed by atoms with Gasteiger partial charge in [0.15, 0.2) is 0 Å². The molecule has 2 aromatic heterocycles. The number of hydrogen-bond acceptors (Lipinski definition) is 7. The fourth-order valence-corrected chi connectivity index (χ4v) is 4.10. The average Bonchev–Trinajstić information content (AvgIpc) is 3.48. The molecule has 0 aliphatic rings. The van der Waals surface area contributed by atoms with Gasteiger partial charge in [-0.15, -0.1) is 0 Å². The molecule has 0 saturated carbocycles. The van der Waals surface area contributed by atoms with Crippen molar-refractivity contribution in [1.29, 1.82) is 0 Å². The second kappa shape index (κ2) is 12.3. The normalized spacial score (nSPS) is 10.8. The second-order valence-corrected chi connectivity index (χ2v) is 9.12. The number of nitrogens with zero attached hydrogens (tertiary/aromatic N) is 2. The Kier molecular flexibility index (Phi) is 8.17. The number of hydrogen-bond donors (Lipinski definition) is 3. The summed E-state index contributed by atoms with van der Waals surface area (Å²) in [4.78, 5) is 33.1. The number of carbonyl (C=O) groups is 2. The maximum atomic E-state index is 13.4. The van der Waals surface area contributed by atoms with Crippen molar-refractivity contribution >= 4 is 51.5 Å². The topological polar surface area (TPSA) is 118 Å². The van der Waals surface area contributed by atoms with E-state index in [1.54, 1.807) is 54.6 Å². The van der Waals surface area contributed by atoms with Gasteiger partial charge in [0.1, 0.15) is 36.6 Å². The third-order valence-electron chi connectivity index (χ3n) is 5.82. The highest BCUT2D eigenvalue weighted by Crippen LogP contribution is 2.31. The zero-order chi connectivity index (χ0) is 27.9. The minimum atomic E-state index is -0.332. The van der Waals surface area contributed by atoms with Gasteiger partial charge >= 0.3 is 0 Å². The second-order valence-electron chi connectivity index (χ2n) is 8.71. The van der Waals surface area contributed by atoms with Crippen LogP contribution in [0.2, 0.25) is 5.02 Å². The van der Waals surface area contributed by atoms with Crippen molar-refractivity contribution in [3.05, 3.63) is 108 Å². The number of aromatic nitrogens is 2. The molecule has 0 bridgehead atoms. The number of anilines is 3. The van der Waals surface area contributed by atoms with Crippen LogP contribution in [0.25, 0.3) is 10.9 Å². The van der Waals surface area contributed by atoms with E-state index < -0.39 is 0 Å². The highest BCUT2D eigenvalue weighted by Gasteiger charge is 2.11. The molecule has 0 spiro atoms. The van der Waals surface area contributed by atoms with Crippen LogP contribution < -0.4 is 20.7 Å². The van der Waals surface area contributed by atoms with E-state index in [0.29, 0.717) is 50.0 Å². The van der Waals surface area contributed by atoms with Crippen LogP contribution in [0, 0.1) is 5.82 Å². The molecular weight excluding hydrogens is 537 g/mol. The van der Waals surface area contributed by atoms with Gasteiger partial charge in [0.05, 0.1) is 22.4 Å². The molecule has 202 valence electrons. The summed E-state index contributed by atoms with van der Waals surface area (Å²) in [5, 5.41) is 9.77. The summed E-state index contributed by atoms with van der Waals surface area (Å²) >= 11 is 6.43. The van der Waals surface area contributed by atoms with Crippen molar-refractivity contribution in [3.8, 4) is 5.75 Å². The lowest BCUT2D eigenvalue weighted by Crippen LogP contribution is -2.27. The maximum absolute atomic E-state index is 13.4. The fraction of sp³-hybridized carbons (Fsp3) is 0.103. The molecule has 0 aliphatic heterocycles. The summed E-state index contributed by atoms with van der Waals surface area (Å²) < 4.78 is 24.0. The minimum Gasteiger partial charge on any atom is -0.487 e. The zero-order valence-corrected chi connectivity index (χ0v) is 21.7. The molecule has 5 rings (SSSR count). The predicted octanol–water partition coefficient (Wildman–Crippen LogP) is 6.10. The Morgan fingerprint density at radius 3 is 2.67 bits per heavy atom. The summed E-state index contributed by atoms with van der Waals surface area (Å²) in [7, 11) is 0. The highest BCUT2D eigenvalue weighted by molar-refractivity contribution is 6.32. The van der Waals surface area contributed by atoms with Crippen LogP contribution in [-0.4, -0.2) is 28.3 Å². The Morgan fingerprint density at radius 2 is 1.88 bits per heavy atom. The van der Waals surface area contributed by atoms with Crippen molar-refractivity contribution in [1.82, 2.24) is 15.3 Å². The van der Waals surface area contributed by atoms with Crippen LogP contribution >= 0.6 is 11.6 Å². The van der Waals surface area contributed by atoms with Crippen molar-refractivity contribution < 1.29 is 23.1 Å². The molecule has 0 fully saturated rings. The average molecular weight is 560 g/mol. The van der Waals surface area contributed by atoms with E-state index in [-0.39, 0.29) is 37.2 Å². The molecule has 9 nitrogen and oxygen atoms in total. The quantitative estimate of drug-likeness (QED) is 0.189. The number of furan rings is 1. The molecule has 3 aromatic carbocycles. The first-order valence-corrected chi connectivity index (χ1v) is 12.6. The largest absolute Gasteiger partial charge is 0.487 e. The molecule has 0 aliphatic carbocycles. The molecule has 5 aromatic rings. The lowest BCUT2D eigenvalue weighted by Gasteiger charge is -2.13. The van der Waals surface area contributed by atoms with Crippen LogP contribution in [0.1, 0.15) is 22.3 Å². The van der Waals surface area contributed by atoms with Gasteiger partial charge in [-0.2, -0.15) is 0 Å². The van der Waals surface area contributed by atoms with E-state index in [4.69, 9.17) is 20.8 Å². The minimum absolute atomic E-state index is 0.0875. The van der Waals surface area contributed by atoms with Crippen LogP contribution in [0.5, 0.6) is 5.75 Å². The predicted molar refractivity (Wildman–Crippen MR) is 149 cm³/mol. The van der Waals surface area contributed by atoms with E-state index >= 15 is 0 Å². The van der Waals surface area contributed by atoms with Gasteiger partial charge < -0.3 is 25.1 Å². The number of nitrogens with one attached hydrogen (secondary N) is 3. The first kappa shape index (κ1) is 26.6. The lowest BCUT2D eigenvalue weighted by atomic mass is 10.2. The third kappa shape index (κ3) is 6.72. The van der Waals surface area contributed by atoms with Crippen LogP contribution in [0.15, 0.2) is 90.0 Å². The van der Waals surface area contributed by atoms with Gasteiger partial charge in [0.25, 0.3) is 5.91 Å². The Bertz CT molecular complexity index is 1660. The molecule has 0 radical (unpaired) electrons. The van der Waals surface area contributed by atoms with Gasteiger partial charge in [-0.3, -0.25) is 9.59 Å². The Morgan fingerprint density at radius 1 is 1.00 bits per heavy atom. The van der Waals surface area contributed by atoms with E-state index in [9.17, 15) is 14.0 Å². The lowest BCUT2D eigenvalue weighted by molar-refractivity contribution is -0.116. The van der Waals surface area contributed by atoms with Gasteiger partial charge in [-0.05, 0) is 60.2 Å². The standard InChI is InChI=1S/C29H23ClFN5O4/c30-24-14-22(5-7-26(24)40-15-18-2-1-3-20(31)12-18)36-28-23-13-21(4-6-25(23)33-17-34-28)35-27(37)8-10-32-29(38)19-9-11-39-16-19/h1-7,9,11-14,16-17H,8,10,15H2,(H,32,38)(H,35,37)(H,33,34,36). The molecule has 11 heteroatoms. The van der Waals surface area contributed by atoms with Crippen molar-refractivity contribution in [2.45, 2.75) is 13.0 Å². The number of carbonyl (C=O) groups excluding carboxylic acids is 2. The van der Waals surface area contributed by atoms with Crippen LogP contribution in [0.4, 0.5) is 21.6 Å². The van der Waals surface area contributed by atoms with Gasteiger partial charge in [0.2, 0.25) is 5.91 Å². The number of amides is 2. The van der Waals surface area contributed by atoms with Crippen LogP contribution in [0.3, 0.4) is 0 Å². The molecule has 0 atom stereocenters. The number of fused-ring (bicyclic) bond motifs is 1. The number of benzene rings is 3. The molecular formula is C29H23ClFN5O4. The molecule has 40 heavy (non-hydrogen) atoms. The van der Waals surface area contributed by atoms with E-state index in [1.807, 2.05) is 0 Å². The molecule has 2 heterocycles. The van der Waals surface area contributed by atoms with E-state index in [0.717, 1.165) is 0 Å². The molecule has 2 amide bonds. The van der Waals surface area contributed by atoms with E-state index in [2.05, 4.69) is 25.9 Å².